The minimum atomic E-state index is -0.0408. The fraction of sp³-hybridized carbons (Fsp3) is 0.250. The van der Waals surface area contributed by atoms with Crippen LogP contribution in [0.3, 0.4) is 0 Å². The largest absolute Gasteiger partial charge is 0.496 e. The molecule has 0 atom stereocenters. The third-order valence-electron chi connectivity index (χ3n) is 3.09. The molecule has 2 aromatic rings. The first-order valence-corrected chi connectivity index (χ1v) is 6.12. The van der Waals surface area contributed by atoms with E-state index in [9.17, 15) is 5.11 Å². The molecule has 3 heteroatoms. The third-order valence-corrected chi connectivity index (χ3v) is 3.09. The Hall–Kier alpha value is -2.00. The van der Waals surface area contributed by atoms with Gasteiger partial charge in [-0.25, -0.2) is 0 Å². The van der Waals surface area contributed by atoms with Crippen molar-refractivity contribution in [3.63, 3.8) is 0 Å². The van der Waals surface area contributed by atoms with E-state index < -0.39 is 0 Å². The second-order valence-electron chi connectivity index (χ2n) is 4.40. The van der Waals surface area contributed by atoms with E-state index in [0.717, 1.165) is 16.7 Å². The average Bonchev–Trinajstić information content (AvgIpc) is 2.46. The van der Waals surface area contributed by atoms with Gasteiger partial charge in [0.15, 0.2) is 0 Å². The third kappa shape index (κ3) is 2.71. The molecule has 0 aliphatic heterocycles. The first-order chi connectivity index (χ1) is 9.19. The first kappa shape index (κ1) is 13.4. The SMILES string of the molecule is COc1cc(CO)cc(OC)c1-c1ccc(C)cc1. The number of hydrogen-bond donors (Lipinski definition) is 1. The van der Waals surface area contributed by atoms with Crippen molar-refractivity contribution in [1.29, 1.82) is 0 Å². The van der Waals surface area contributed by atoms with Gasteiger partial charge in [0.25, 0.3) is 0 Å². The van der Waals surface area contributed by atoms with Gasteiger partial charge in [-0.05, 0) is 30.2 Å². The molecule has 0 aromatic heterocycles. The van der Waals surface area contributed by atoms with Crippen LogP contribution in [-0.4, -0.2) is 19.3 Å². The monoisotopic (exact) mass is 258 g/mol. The predicted octanol–water partition coefficient (Wildman–Crippen LogP) is 3.17. The average molecular weight is 258 g/mol. The zero-order chi connectivity index (χ0) is 13.8. The van der Waals surface area contributed by atoms with Crippen LogP contribution in [0.4, 0.5) is 0 Å². The molecule has 0 aliphatic carbocycles. The molecule has 0 fully saturated rings. The Kier molecular flexibility index (Phi) is 4.07. The van der Waals surface area contributed by atoms with Crippen molar-refractivity contribution in [1.82, 2.24) is 0 Å². The van der Waals surface area contributed by atoms with Crippen molar-refractivity contribution >= 4 is 0 Å². The molecule has 0 heterocycles. The zero-order valence-electron chi connectivity index (χ0n) is 11.4. The smallest absolute Gasteiger partial charge is 0.130 e. The molecule has 0 spiro atoms. The molecule has 0 saturated carbocycles. The summed E-state index contributed by atoms with van der Waals surface area (Å²) in [5.74, 6) is 1.40. The number of aryl methyl sites for hydroxylation is 1. The van der Waals surface area contributed by atoms with Crippen LogP contribution in [0, 0.1) is 6.92 Å². The molecular formula is C16H18O3. The first-order valence-electron chi connectivity index (χ1n) is 6.12. The van der Waals surface area contributed by atoms with Crippen LogP contribution in [0.25, 0.3) is 11.1 Å². The lowest BCUT2D eigenvalue weighted by Gasteiger charge is -2.15. The summed E-state index contributed by atoms with van der Waals surface area (Å²) >= 11 is 0. The lowest BCUT2D eigenvalue weighted by Crippen LogP contribution is -1.96. The molecule has 2 aromatic carbocycles. The lowest BCUT2D eigenvalue weighted by atomic mass is 10.00. The predicted molar refractivity (Wildman–Crippen MR) is 75.6 cm³/mol. The Morgan fingerprint density at radius 1 is 0.947 bits per heavy atom. The topological polar surface area (TPSA) is 38.7 Å². The van der Waals surface area contributed by atoms with Crippen LogP contribution in [0.15, 0.2) is 36.4 Å². The van der Waals surface area contributed by atoms with Gasteiger partial charge >= 0.3 is 0 Å². The highest BCUT2D eigenvalue weighted by Crippen LogP contribution is 2.39. The minimum Gasteiger partial charge on any atom is -0.496 e. The maximum Gasteiger partial charge on any atom is 0.130 e. The second kappa shape index (κ2) is 5.76. The van der Waals surface area contributed by atoms with Crippen LogP contribution in [0.5, 0.6) is 11.5 Å². The summed E-state index contributed by atoms with van der Waals surface area (Å²) < 4.78 is 10.8. The second-order valence-corrected chi connectivity index (χ2v) is 4.40. The molecular weight excluding hydrogens is 240 g/mol. The van der Waals surface area contributed by atoms with Crippen molar-refractivity contribution in [3.8, 4) is 22.6 Å². The highest BCUT2D eigenvalue weighted by molar-refractivity contribution is 5.77. The molecule has 0 amide bonds. The Bertz CT molecular complexity index is 534. The van der Waals surface area contributed by atoms with Crippen LogP contribution in [0.1, 0.15) is 11.1 Å². The number of rotatable bonds is 4. The summed E-state index contributed by atoms with van der Waals surface area (Å²) in [4.78, 5) is 0. The van der Waals surface area contributed by atoms with Crippen molar-refractivity contribution in [3.05, 3.63) is 47.5 Å². The van der Waals surface area contributed by atoms with E-state index in [1.807, 2.05) is 43.3 Å². The number of hydrogen-bond acceptors (Lipinski definition) is 3. The molecule has 19 heavy (non-hydrogen) atoms. The fourth-order valence-corrected chi connectivity index (χ4v) is 2.06. The Morgan fingerprint density at radius 2 is 1.47 bits per heavy atom. The van der Waals surface area contributed by atoms with Gasteiger partial charge in [0.05, 0.1) is 26.4 Å². The summed E-state index contributed by atoms with van der Waals surface area (Å²) in [6.07, 6.45) is 0. The van der Waals surface area contributed by atoms with Crippen LogP contribution >= 0.6 is 0 Å². The van der Waals surface area contributed by atoms with Gasteiger partial charge in [0.2, 0.25) is 0 Å². The Labute approximate surface area is 113 Å². The Morgan fingerprint density at radius 3 is 1.89 bits per heavy atom. The summed E-state index contributed by atoms with van der Waals surface area (Å²) in [5.41, 5.74) is 3.91. The maximum atomic E-state index is 9.26. The highest BCUT2D eigenvalue weighted by atomic mass is 16.5. The van der Waals surface area contributed by atoms with E-state index in [1.54, 1.807) is 14.2 Å². The van der Waals surface area contributed by atoms with Gasteiger partial charge < -0.3 is 14.6 Å². The van der Waals surface area contributed by atoms with Gasteiger partial charge in [0.1, 0.15) is 11.5 Å². The minimum absolute atomic E-state index is 0.0408. The van der Waals surface area contributed by atoms with Crippen molar-refractivity contribution in [2.75, 3.05) is 14.2 Å². The van der Waals surface area contributed by atoms with Gasteiger partial charge in [0, 0.05) is 0 Å². The Balaban J connectivity index is 2.63. The van der Waals surface area contributed by atoms with Gasteiger partial charge in [-0.1, -0.05) is 29.8 Å². The number of aliphatic hydroxyl groups excluding tert-OH is 1. The molecule has 2 rings (SSSR count). The molecule has 0 aliphatic rings. The van der Waals surface area contributed by atoms with Gasteiger partial charge in [-0.15, -0.1) is 0 Å². The molecule has 0 saturated heterocycles. The molecule has 1 N–H and O–H groups in total. The standard InChI is InChI=1S/C16H18O3/c1-11-4-6-13(7-5-11)16-14(18-2)8-12(10-17)9-15(16)19-3/h4-9,17H,10H2,1-3H3. The van der Waals surface area contributed by atoms with E-state index in [1.165, 1.54) is 5.56 Å². The number of benzene rings is 2. The molecule has 3 nitrogen and oxygen atoms in total. The number of methoxy groups -OCH3 is 2. The van der Waals surface area contributed by atoms with Crippen molar-refractivity contribution in [2.45, 2.75) is 13.5 Å². The normalized spacial score (nSPS) is 10.3. The zero-order valence-corrected chi connectivity index (χ0v) is 11.4. The number of aliphatic hydroxyl groups is 1. The molecule has 100 valence electrons. The van der Waals surface area contributed by atoms with E-state index in [0.29, 0.717) is 11.5 Å². The molecule has 0 unspecified atom stereocenters. The quantitative estimate of drug-likeness (QED) is 0.915. The highest BCUT2D eigenvalue weighted by Gasteiger charge is 2.14. The fourth-order valence-electron chi connectivity index (χ4n) is 2.06. The lowest BCUT2D eigenvalue weighted by molar-refractivity contribution is 0.280. The van der Waals surface area contributed by atoms with E-state index in [-0.39, 0.29) is 6.61 Å². The van der Waals surface area contributed by atoms with Gasteiger partial charge in [-0.3, -0.25) is 0 Å². The van der Waals surface area contributed by atoms with E-state index in [2.05, 4.69) is 0 Å². The number of ether oxygens (including phenoxy) is 2. The van der Waals surface area contributed by atoms with Crippen LogP contribution in [-0.2, 0) is 6.61 Å². The van der Waals surface area contributed by atoms with Crippen LogP contribution < -0.4 is 9.47 Å². The summed E-state index contributed by atoms with van der Waals surface area (Å²) in [6, 6.07) is 11.8. The van der Waals surface area contributed by atoms with Gasteiger partial charge in [-0.2, -0.15) is 0 Å². The summed E-state index contributed by atoms with van der Waals surface area (Å²) in [6.45, 7) is 2.01. The maximum absolute atomic E-state index is 9.26. The summed E-state index contributed by atoms with van der Waals surface area (Å²) in [5, 5.41) is 9.26. The molecule has 0 radical (unpaired) electrons. The van der Waals surface area contributed by atoms with E-state index in [4.69, 9.17) is 9.47 Å². The van der Waals surface area contributed by atoms with Crippen molar-refractivity contribution in [2.24, 2.45) is 0 Å². The van der Waals surface area contributed by atoms with Crippen LogP contribution in [0.2, 0.25) is 0 Å². The van der Waals surface area contributed by atoms with E-state index >= 15 is 0 Å². The molecule has 0 bridgehead atoms. The van der Waals surface area contributed by atoms with Crippen molar-refractivity contribution < 1.29 is 14.6 Å². The summed E-state index contributed by atoms with van der Waals surface area (Å²) in [7, 11) is 3.24.